The molecule has 2 aromatic rings. The highest BCUT2D eigenvalue weighted by Crippen LogP contribution is 2.24. The molecule has 132 valence electrons. The highest BCUT2D eigenvalue weighted by Gasteiger charge is 2.07. The van der Waals surface area contributed by atoms with Crippen LogP contribution < -0.4 is 15.5 Å². The minimum Gasteiger partial charge on any atom is -0.481 e. The molecule has 0 atom stereocenters. The molecule has 0 bridgehead atoms. The number of hydrogen-bond acceptors (Lipinski definition) is 3. The molecule has 0 aliphatic heterocycles. The summed E-state index contributed by atoms with van der Waals surface area (Å²) in [5, 5.41) is 13.7. The minimum atomic E-state index is -0.935. The zero-order valence-corrected chi connectivity index (χ0v) is 14.2. The molecule has 0 radical (unpaired) electrons. The van der Waals surface area contributed by atoms with Gasteiger partial charge in [-0.15, -0.1) is 0 Å². The van der Waals surface area contributed by atoms with Crippen LogP contribution in [0.5, 0.6) is 0 Å². The summed E-state index contributed by atoms with van der Waals surface area (Å²) >= 11 is 0. The van der Waals surface area contributed by atoms with E-state index < -0.39 is 5.97 Å². The Kier molecular flexibility index (Phi) is 6.83. The molecule has 6 nitrogen and oxygen atoms in total. The molecule has 6 heteroatoms. The first-order valence-electron chi connectivity index (χ1n) is 8.25. The molecule has 0 saturated carbocycles. The Morgan fingerprint density at radius 1 is 0.960 bits per heavy atom. The van der Waals surface area contributed by atoms with Crippen LogP contribution in [-0.4, -0.2) is 30.2 Å². The van der Waals surface area contributed by atoms with Crippen molar-refractivity contribution in [2.24, 2.45) is 0 Å². The lowest BCUT2D eigenvalue weighted by atomic mass is 10.1. The lowest BCUT2D eigenvalue weighted by Gasteiger charge is -2.23. The first-order valence-corrected chi connectivity index (χ1v) is 8.25. The summed E-state index contributed by atoms with van der Waals surface area (Å²) in [6, 6.07) is 17.8. The summed E-state index contributed by atoms with van der Waals surface area (Å²) < 4.78 is 0. The van der Waals surface area contributed by atoms with Gasteiger partial charge in [0.2, 0.25) is 0 Å². The number of benzene rings is 2. The molecule has 2 rings (SSSR count). The average Bonchev–Trinajstić information content (AvgIpc) is 2.62. The van der Waals surface area contributed by atoms with E-state index >= 15 is 0 Å². The topological polar surface area (TPSA) is 81.7 Å². The predicted octanol–water partition coefficient (Wildman–Crippen LogP) is 3.12. The summed E-state index contributed by atoms with van der Waals surface area (Å²) in [7, 11) is 0. The monoisotopic (exact) mass is 341 g/mol. The molecule has 0 aliphatic rings. The highest BCUT2D eigenvalue weighted by atomic mass is 16.4. The van der Waals surface area contributed by atoms with Gasteiger partial charge in [-0.3, -0.25) is 4.79 Å². The number of rotatable bonds is 8. The fraction of sp³-hybridized carbons (Fsp3) is 0.263. The van der Waals surface area contributed by atoms with Gasteiger partial charge in [0.15, 0.2) is 0 Å². The van der Waals surface area contributed by atoms with Crippen LogP contribution in [0.2, 0.25) is 0 Å². The summed E-state index contributed by atoms with van der Waals surface area (Å²) in [4.78, 5) is 24.2. The molecular formula is C19H23N3O3. The van der Waals surface area contributed by atoms with E-state index in [0.29, 0.717) is 6.54 Å². The number of urea groups is 1. The lowest BCUT2D eigenvalue weighted by Crippen LogP contribution is -2.36. The van der Waals surface area contributed by atoms with Crippen molar-refractivity contribution >= 4 is 23.4 Å². The summed E-state index contributed by atoms with van der Waals surface area (Å²) in [5.74, 6) is -0.935. The maximum absolute atomic E-state index is 11.6. The maximum Gasteiger partial charge on any atom is 0.315 e. The standard InChI is InChI=1S/C19H23N3O3/c1-2-22(16-6-4-3-5-7-16)17-10-8-15(9-11-17)14-21-19(25)20-13-12-18(23)24/h3-11H,2,12-14H2,1H3,(H,23,24)(H2,20,21,25). The van der Waals surface area contributed by atoms with Gasteiger partial charge < -0.3 is 20.6 Å². The molecule has 0 aliphatic carbocycles. The van der Waals surface area contributed by atoms with Crippen molar-refractivity contribution < 1.29 is 14.7 Å². The second-order valence-corrected chi connectivity index (χ2v) is 5.50. The molecule has 0 saturated heterocycles. The number of nitrogens with one attached hydrogen (secondary N) is 2. The molecule has 3 N–H and O–H groups in total. The van der Waals surface area contributed by atoms with Gasteiger partial charge in [0.25, 0.3) is 0 Å². The van der Waals surface area contributed by atoms with Crippen LogP contribution in [0.15, 0.2) is 54.6 Å². The van der Waals surface area contributed by atoms with Gasteiger partial charge in [0, 0.05) is 31.0 Å². The van der Waals surface area contributed by atoms with E-state index in [-0.39, 0.29) is 19.0 Å². The van der Waals surface area contributed by atoms with E-state index in [9.17, 15) is 9.59 Å². The molecule has 0 heterocycles. The van der Waals surface area contributed by atoms with Crippen molar-refractivity contribution in [1.29, 1.82) is 0 Å². The number of nitrogens with zero attached hydrogens (tertiary/aromatic N) is 1. The number of carboxylic acids is 1. The van der Waals surface area contributed by atoms with Crippen molar-refractivity contribution in [3.05, 3.63) is 60.2 Å². The molecule has 25 heavy (non-hydrogen) atoms. The number of anilines is 2. The van der Waals surface area contributed by atoms with Gasteiger partial charge in [-0.05, 0) is 36.8 Å². The van der Waals surface area contributed by atoms with Crippen LogP contribution in [0.3, 0.4) is 0 Å². The van der Waals surface area contributed by atoms with Gasteiger partial charge in [-0.1, -0.05) is 30.3 Å². The van der Waals surface area contributed by atoms with E-state index in [1.807, 2.05) is 42.5 Å². The van der Waals surface area contributed by atoms with E-state index in [0.717, 1.165) is 23.5 Å². The van der Waals surface area contributed by atoms with Crippen molar-refractivity contribution in [2.45, 2.75) is 19.9 Å². The van der Waals surface area contributed by atoms with Gasteiger partial charge >= 0.3 is 12.0 Å². The molecule has 0 fully saturated rings. The fourth-order valence-electron chi connectivity index (χ4n) is 2.44. The van der Waals surface area contributed by atoms with Crippen LogP contribution in [0.4, 0.5) is 16.2 Å². The zero-order valence-electron chi connectivity index (χ0n) is 14.2. The van der Waals surface area contributed by atoms with E-state index in [1.165, 1.54) is 0 Å². The van der Waals surface area contributed by atoms with Crippen molar-refractivity contribution in [3.8, 4) is 0 Å². The van der Waals surface area contributed by atoms with Gasteiger partial charge in [-0.2, -0.15) is 0 Å². The fourth-order valence-corrected chi connectivity index (χ4v) is 2.44. The Morgan fingerprint density at radius 2 is 1.60 bits per heavy atom. The van der Waals surface area contributed by atoms with Crippen LogP contribution >= 0.6 is 0 Å². The van der Waals surface area contributed by atoms with Gasteiger partial charge in [0.05, 0.1) is 6.42 Å². The van der Waals surface area contributed by atoms with Crippen LogP contribution in [0, 0.1) is 0 Å². The van der Waals surface area contributed by atoms with Crippen molar-refractivity contribution in [2.75, 3.05) is 18.0 Å². The van der Waals surface area contributed by atoms with Crippen molar-refractivity contribution in [3.63, 3.8) is 0 Å². The summed E-state index contributed by atoms with van der Waals surface area (Å²) in [5.41, 5.74) is 3.19. The molecule has 2 aromatic carbocycles. The average molecular weight is 341 g/mol. The Bertz CT molecular complexity index is 687. The Balaban J connectivity index is 1.89. The molecular weight excluding hydrogens is 318 g/mol. The molecule has 0 spiro atoms. The minimum absolute atomic E-state index is 0.0888. The molecule has 2 amide bonds. The maximum atomic E-state index is 11.6. The van der Waals surface area contributed by atoms with Crippen LogP contribution in [-0.2, 0) is 11.3 Å². The Morgan fingerprint density at radius 3 is 2.20 bits per heavy atom. The normalized spacial score (nSPS) is 10.1. The predicted molar refractivity (Wildman–Crippen MR) is 98.1 cm³/mol. The largest absolute Gasteiger partial charge is 0.481 e. The zero-order chi connectivity index (χ0) is 18.1. The second kappa shape index (κ2) is 9.32. The van der Waals surface area contributed by atoms with Crippen LogP contribution in [0.1, 0.15) is 18.9 Å². The van der Waals surface area contributed by atoms with E-state index in [2.05, 4.69) is 34.6 Å². The third-order valence-corrected chi connectivity index (χ3v) is 3.71. The SMILES string of the molecule is CCN(c1ccccc1)c1ccc(CNC(=O)NCCC(=O)O)cc1. The number of carboxylic acid groups (broad SMARTS) is 1. The van der Waals surface area contributed by atoms with E-state index in [4.69, 9.17) is 5.11 Å². The second-order valence-electron chi connectivity index (χ2n) is 5.50. The number of amides is 2. The number of carbonyl (C=O) groups is 2. The third kappa shape index (κ3) is 5.84. The van der Waals surface area contributed by atoms with Gasteiger partial charge in [0.1, 0.15) is 0 Å². The Labute approximate surface area is 147 Å². The Hall–Kier alpha value is -3.02. The summed E-state index contributed by atoms with van der Waals surface area (Å²) in [6.07, 6.45) is -0.0888. The van der Waals surface area contributed by atoms with Crippen LogP contribution in [0.25, 0.3) is 0 Å². The van der Waals surface area contributed by atoms with E-state index in [1.54, 1.807) is 0 Å². The molecule has 0 aromatic heterocycles. The number of aliphatic carboxylic acids is 1. The highest BCUT2D eigenvalue weighted by molar-refractivity contribution is 5.75. The number of hydrogen-bond donors (Lipinski definition) is 3. The third-order valence-electron chi connectivity index (χ3n) is 3.71. The smallest absolute Gasteiger partial charge is 0.315 e. The first-order chi connectivity index (χ1) is 12.1. The van der Waals surface area contributed by atoms with Gasteiger partial charge in [-0.25, -0.2) is 4.79 Å². The first kappa shape index (κ1) is 18.3. The number of para-hydroxylation sites is 1. The number of carbonyl (C=O) groups excluding carboxylic acids is 1. The molecule has 0 unspecified atom stereocenters. The van der Waals surface area contributed by atoms with Crippen molar-refractivity contribution in [1.82, 2.24) is 10.6 Å². The lowest BCUT2D eigenvalue weighted by molar-refractivity contribution is -0.136. The quantitative estimate of drug-likeness (QED) is 0.689. The summed E-state index contributed by atoms with van der Waals surface area (Å²) in [6.45, 7) is 3.46.